The quantitative estimate of drug-likeness (QED) is 0.772. The van der Waals surface area contributed by atoms with Gasteiger partial charge in [-0.15, -0.1) is 11.3 Å². The maximum Gasteiger partial charge on any atom is 0.490 e. The fourth-order valence-corrected chi connectivity index (χ4v) is 4.31. The molecule has 1 aromatic heterocycles. The summed E-state index contributed by atoms with van der Waals surface area (Å²) in [6, 6.07) is 11.2. The summed E-state index contributed by atoms with van der Waals surface area (Å²) in [7, 11) is 0. The van der Waals surface area contributed by atoms with Crippen LogP contribution in [-0.2, 0) is 11.2 Å². The average Bonchev–Trinajstić information content (AvgIpc) is 3.34. The van der Waals surface area contributed by atoms with Gasteiger partial charge in [-0.3, -0.25) is 9.69 Å². The Bertz CT molecular complexity index is 846. The van der Waals surface area contributed by atoms with E-state index in [-0.39, 0.29) is 5.91 Å². The number of aryl methyl sites for hydroxylation is 1. The molecule has 2 saturated heterocycles. The highest BCUT2D eigenvalue weighted by Crippen LogP contribution is 2.33. The maximum atomic E-state index is 12.4. The molecular formula is C20H22F3N3O3S. The number of aliphatic carboxylic acids is 1. The van der Waals surface area contributed by atoms with Gasteiger partial charge in [-0.1, -0.05) is 30.3 Å². The van der Waals surface area contributed by atoms with E-state index in [4.69, 9.17) is 9.90 Å². The molecule has 2 aromatic rings. The zero-order valence-corrected chi connectivity index (χ0v) is 16.9. The summed E-state index contributed by atoms with van der Waals surface area (Å²) in [5.74, 6) is -1.99. The Labute approximate surface area is 175 Å². The van der Waals surface area contributed by atoms with Crippen LogP contribution in [0.3, 0.4) is 0 Å². The lowest BCUT2D eigenvalue weighted by molar-refractivity contribution is -0.192. The van der Waals surface area contributed by atoms with Gasteiger partial charge in [-0.25, -0.2) is 9.78 Å². The minimum Gasteiger partial charge on any atom is -0.475 e. The molecule has 1 amide bonds. The molecule has 3 heterocycles. The van der Waals surface area contributed by atoms with E-state index in [2.05, 4.69) is 40.2 Å². The van der Waals surface area contributed by atoms with Crippen molar-refractivity contribution < 1.29 is 27.9 Å². The minimum atomic E-state index is -5.08. The molecule has 0 aliphatic carbocycles. The van der Waals surface area contributed by atoms with Crippen molar-refractivity contribution in [1.29, 1.82) is 0 Å². The molecule has 10 heteroatoms. The van der Waals surface area contributed by atoms with E-state index in [1.54, 1.807) is 5.51 Å². The molecule has 30 heavy (non-hydrogen) atoms. The molecular weight excluding hydrogens is 419 g/mol. The van der Waals surface area contributed by atoms with E-state index in [9.17, 15) is 18.0 Å². The minimum absolute atomic E-state index is 0.102. The maximum absolute atomic E-state index is 12.4. The third-order valence-corrected chi connectivity index (χ3v) is 5.87. The number of amides is 1. The summed E-state index contributed by atoms with van der Waals surface area (Å²) < 4.78 is 31.7. The number of benzene rings is 1. The Balaban J connectivity index is 0.000000318. The van der Waals surface area contributed by atoms with Crippen molar-refractivity contribution in [3.63, 3.8) is 0 Å². The normalized spacial score (nSPS) is 20.7. The number of carbonyl (C=O) groups is 2. The van der Waals surface area contributed by atoms with Gasteiger partial charge in [0.05, 0.1) is 5.51 Å². The number of alkyl halides is 3. The number of aromatic nitrogens is 1. The fraction of sp³-hybridized carbons (Fsp3) is 0.450. The number of hydrogen-bond acceptors (Lipinski definition) is 5. The van der Waals surface area contributed by atoms with Crippen LogP contribution in [-0.4, -0.2) is 70.2 Å². The number of thiazole rings is 1. The van der Waals surface area contributed by atoms with Crippen molar-refractivity contribution in [3.8, 4) is 0 Å². The van der Waals surface area contributed by atoms with Gasteiger partial charge in [0.1, 0.15) is 5.69 Å². The van der Waals surface area contributed by atoms with Crippen molar-refractivity contribution in [2.24, 2.45) is 5.92 Å². The third kappa shape index (κ3) is 5.57. The third-order valence-electron chi connectivity index (χ3n) is 5.28. The lowest BCUT2D eigenvalue weighted by Gasteiger charge is -2.43. The monoisotopic (exact) mass is 441 g/mol. The second-order valence-electron chi connectivity index (χ2n) is 7.30. The zero-order valence-electron chi connectivity index (χ0n) is 16.1. The Morgan fingerprint density at radius 1 is 1.17 bits per heavy atom. The topological polar surface area (TPSA) is 73.7 Å². The lowest BCUT2D eigenvalue weighted by Crippen LogP contribution is -2.55. The summed E-state index contributed by atoms with van der Waals surface area (Å²) in [5, 5.41) is 8.97. The van der Waals surface area contributed by atoms with Crippen LogP contribution in [0.1, 0.15) is 22.5 Å². The van der Waals surface area contributed by atoms with Crippen molar-refractivity contribution >= 4 is 23.2 Å². The molecule has 1 N–H and O–H groups in total. The first-order chi connectivity index (χ1) is 14.3. The first-order valence-electron chi connectivity index (χ1n) is 9.51. The Morgan fingerprint density at radius 2 is 1.87 bits per heavy atom. The highest BCUT2D eigenvalue weighted by molar-refractivity contribution is 7.07. The molecule has 0 spiro atoms. The SMILES string of the molecule is O=C(O)C(F)(F)F.O=C(c1cscn1)N1CC2CN(CCCc3ccccc3)C2C1. The molecule has 4 rings (SSSR count). The number of carboxylic acids is 1. The number of nitrogens with zero attached hydrogens (tertiary/aromatic N) is 3. The number of fused-ring (bicyclic) bond motifs is 1. The van der Waals surface area contributed by atoms with Crippen LogP contribution >= 0.6 is 11.3 Å². The van der Waals surface area contributed by atoms with Gasteiger partial charge in [-0.05, 0) is 24.9 Å². The summed E-state index contributed by atoms with van der Waals surface area (Å²) >= 11 is 1.48. The molecule has 2 aliphatic rings. The predicted molar refractivity (Wildman–Crippen MR) is 105 cm³/mol. The van der Waals surface area contributed by atoms with Crippen molar-refractivity contribution in [3.05, 3.63) is 52.5 Å². The van der Waals surface area contributed by atoms with Gasteiger partial charge in [0, 0.05) is 37.0 Å². The second kappa shape index (κ2) is 9.57. The zero-order chi connectivity index (χ0) is 21.7. The molecule has 0 radical (unpaired) electrons. The van der Waals surface area contributed by atoms with Gasteiger partial charge in [0.25, 0.3) is 5.91 Å². The van der Waals surface area contributed by atoms with Crippen LogP contribution in [0.25, 0.3) is 0 Å². The standard InChI is InChI=1S/C18H21N3OS.C2HF3O2/c22-18(16-12-23-13-19-16)21-10-15-9-20(17(15)11-21)8-4-7-14-5-2-1-3-6-14;3-2(4,5)1(6)7/h1-3,5-6,12-13,15,17H,4,7-11H2;(H,6,7). The van der Waals surface area contributed by atoms with Crippen LogP contribution in [0.5, 0.6) is 0 Å². The molecule has 1 aromatic carbocycles. The van der Waals surface area contributed by atoms with Gasteiger partial charge < -0.3 is 10.0 Å². The predicted octanol–water partition coefficient (Wildman–Crippen LogP) is 3.17. The smallest absolute Gasteiger partial charge is 0.475 e. The van der Waals surface area contributed by atoms with E-state index < -0.39 is 12.1 Å². The first-order valence-corrected chi connectivity index (χ1v) is 10.5. The van der Waals surface area contributed by atoms with E-state index in [1.165, 1.54) is 23.3 Å². The number of hydrogen-bond donors (Lipinski definition) is 1. The van der Waals surface area contributed by atoms with Crippen LogP contribution in [0, 0.1) is 5.92 Å². The summed E-state index contributed by atoms with van der Waals surface area (Å²) in [6.07, 6.45) is -2.76. The van der Waals surface area contributed by atoms with Crippen LogP contribution in [0.15, 0.2) is 41.2 Å². The first kappa shape index (κ1) is 22.2. The fourth-order valence-electron chi connectivity index (χ4n) is 3.78. The van der Waals surface area contributed by atoms with Gasteiger partial charge in [-0.2, -0.15) is 13.2 Å². The van der Waals surface area contributed by atoms with Crippen molar-refractivity contribution in [1.82, 2.24) is 14.8 Å². The van der Waals surface area contributed by atoms with E-state index in [1.807, 2.05) is 10.3 Å². The highest BCUT2D eigenvalue weighted by atomic mass is 32.1. The Kier molecular flexibility index (Phi) is 7.09. The van der Waals surface area contributed by atoms with Crippen LogP contribution < -0.4 is 0 Å². The number of carbonyl (C=O) groups excluding carboxylic acids is 1. The number of rotatable bonds is 5. The number of carboxylic acid groups (broad SMARTS) is 1. The van der Waals surface area contributed by atoms with Gasteiger partial charge in [0.15, 0.2) is 0 Å². The Morgan fingerprint density at radius 3 is 2.47 bits per heavy atom. The van der Waals surface area contributed by atoms with Crippen LogP contribution in [0.2, 0.25) is 0 Å². The second-order valence-corrected chi connectivity index (χ2v) is 8.02. The van der Waals surface area contributed by atoms with E-state index in [0.29, 0.717) is 17.7 Å². The largest absolute Gasteiger partial charge is 0.490 e. The summed E-state index contributed by atoms with van der Waals surface area (Å²) in [5.41, 5.74) is 3.75. The van der Waals surface area contributed by atoms with Crippen molar-refractivity contribution in [2.75, 3.05) is 26.2 Å². The van der Waals surface area contributed by atoms with Gasteiger partial charge in [0.2, 0.25) is 0 Å². The number of halogens is 3. The van der Waals surface area contributed by atoms with Crippen LogP contribution in [0.4, 0.5) is 13.2 Å². The molecule has 2 aliphatic heterocycles. The average molecular weight is 441 g/mol. The summed E-state index contributed by atoms with van der Waals surface area (Å²) in [6.45, 7) is 4.04. The highest BCUT2D eigenvalue weighted by Gasteiger charge is 2.46. The molecule has 6 nitrogen and oxygen atoms in total. The number of likely N-dealkylation sites (tertiary alicyclic amines) is 2. The Hall–Kier alpha value is -2.46. The molecule has 0 bridgehead atoms. The van der Waals surface area contributed by atoms with Gasteiger partial charge >= 0.3 is 12.1 Å². The van der Waals surface area contributed by atoms with E-state index >= 15 is 0 Å². The molecule has 0 saturated carbocycles. The summed E-state index contributed by atoms with van der Waals surface area (Å²) in [4.78, 5) is 30.0. The molecule has 2 atom stereocenters. The van der Waals surface area contributed by atoms with Crippen molar-refractivity contribution in [2.45, 2.75) is 25.1 Å². The molecule has 2 fully saturated rings. The van der Waals surface area contributed by atoms with E-state index in [0.717, 1.165) is 32.6 Å². The molecule has 162 valence electrons. The lowest BCUT2D eigenvalue weighted by atomic mass is 9.91. The molecule has 2 unspecified atom stereocenters.